The van der Waals surface area contributed by atoms with E-state index in [2.05, 4.69) is 16.2 Å². The van der Waals surface area contributed by atoms with E-state index in [1.165, 1.54) is 24.8 Å². The van der Waals surface area contributed by atoms with Gasteiger partial charge in [0.2, 0.25) is 0 Å². The number of halogens is 3. The second-order valence-electron chi connectivity index (χ2n) is 7.96. The molecule has 3 heterocycles. The summed E-state index contributed by atoms with van der Waals surface area (Å²) in [5.74, 6) is -1.92. The van der Waals surface area contributed by atoms with Gasteiger partial charge in [0.15, 0.2) is 0 Å². The third kappa shape index (κ3) is 6.42. The van der Waals surface area contributed by atoms with Crippen molar-refractivity contribution in [2.24, 2.45) is 13.0 Å². The van der Waals surface area contributed by atoms with Gasteiger partial charge in [-0.05, 0) is 43.6 Å². The van der Waals surface area contributed by atoms with Gasteiger partial charge in [-0.1, -0.05) is 0 Å². The second-order valence-corrected chi connectivity index (χ2v) is 7.96. The number of likely N-dealkylation sites (tertiary alicyclic amines) is 1. The molecular weight excluding hydrogens is 391 g/mol. The lowest BCUT2D eigenvalue weighted by molar-refractivity contribution is -0.192. The van der Waals surface area contributed by atoms with Crippen LogP contribution in [0.2, 0.25) is 0 Å². The average molecular weight is 419 g/mol. The number of carboxylic acid groups (broad SMARTS) is 1. The molecule has 0 aromatic carbocycles. The molecule has 1 aliphatic carbocycles. The smallest absolute Gasteiger partial charge is 0.475 e. The Morgan fingerprint density at radius 1 is 1.34 bits per heavy atom. The molecule has 0 bridgehead atoms. The van der Waals surface area contributed by atoms with Crippen LogP contribution in [0.5, 0.6) is 0 Å². The van der Waals surface area contributed by atoms with Crippen LogP contribution in [0, 0.1) is 5.92 Å². The van der Waals surface area contributed by atoms with E-state index in [1.54, 1.807) is 0 Å². The lowest BCUT2D eigenvalue weighted by Gasteiger charge is -2.32. The van der Waals surface area contributed by atoms with E-state index >= 15 is 0 Å². The number of aryl methyl sites for hydroxylation is 1. The van der Waals surface area contributed by atoms with E-state index in [0.29, 0.717) is 18.2 Å². The van der Waals surface area contributed by atoms with Crippen LogP contribution in [0.25, 0.3) is 0 Å². The molecule has 1 unspecified atom stereocenters. The second kappa shape index (κ2) is 9.44. The summed E-state index contributed by atoms with van der Waals surface area (Å²) >= 11 is 0. The quantitative estimate of drug-likeness (QED) is 0.762. The fraction of sp³-hybridized carbons (Fsp3) is 0.789. The standard InChI is InChI=1S/C17H27N3O2.C2HF3O2/c1-19-10-14(9-18-19)8-16-17(22-11-13-2-3-13)4-6-20(16)15-5-7-21-12-15;3-2(4,5)1(6)7/h9-10,13,15-17H,2-8,11-12H2,1H3;(H,6,7)/t15?,16-,17-;/m0./s1. The zero-order chi connectivity index (χ0) is 21.0. The Morgan fingerprint density at radius 2 is 2.07 bits per heavy atom. The van der Waals surface area contributed by atoms with Crippen LogP contribution >= 0.6 is 0 Å². The van der Waals surface area contributed by atoms with Crippen molar-refractivity contribution in [2.75, 3.05) is 26.4 Å². The van der Waals surface area contributed by atoms with Gasteiger partial charge >= 0.3 is 12.1 Å². The van der Waals surface area contributed by atoms with Crippen molar-refractivity contribution in [3.05, 3.63) is 18.0 Å². The SMILES string of the molecule is Cn1cc(C[C@H]2[C@@H](OCC3CC3)CCN2C2CCOC2)cn1.O=C(O)C(F)(F)F. The molecule has 1 aromatic heterocycles. The van der Waals surface area contributed by atoms with E-state index in [9.17, 15) is 13.2 Å². The first-order valence-corrected chi connectivity index (χ1v) is 9.96. The highest BCUT2D eigenvalue weighted by molar-refractivity contribution is 5.73. The highest BCUT2D eigenvalue weighted by Crippen LogP contribution is 2.33. The molecule has 0 spiro atoms. The Balaban J connectivity index is 0.000000298. The largest absolute Gasteiger partial charge is 0.490 e. The number of alkyl halides is 3. The molecule has 3 aliphatic rings. The van der Waals surface area contributed by atoms with E-state index in [-0.39, 0.29) is 0 Å². The van der Waals surface area contributed by atoms with Crippen LogP contribution in [0.15, 0.2) is 12.4 Å². The maximum absolute atomic E-state index is 10.6. The lowest BCUT2D eigenvalue weighted by atomic mass is 10.0. The van der Waals surface area contributed by atoms with Crippen molar-refractivity contribution < 1.29 is 32.5 Å². The highest BCUT2D eigenvalue weighted by atomic mass is 19.4. The van der Waals surface area contributed by atoms with Crippen LogP contribution in [-0.4, -0.2) is 76.5 Å². The molecule has 0 radical (unpaired) electrons. The number of rotatable bonds is 6. The van der Waals surface area contributed by atoms with E-state index in [0.717, 1.165) is 45.1 Å². The first-order chi connectivity index (χ1) is 13.7. The van der Waals surface area contributed by atoms with Gasteiger partial charge in [0.1, 0.15) is 0 Å². The van der Waals surface area contributed by atoms with Crippen molar-refractivity contribution in [3.63, 3.8) is 0 Å². The molecule has 10 heteroatoms. The molecule has 3 atom stereocenters. The number of aromatic nitrogens is 2. The fourth-order valence-electron chi connectivity index (χ4n) is 3.89. The molecule has 0 amide bonds. The summed E-state index contributed by atoms with van der Waals surface area (Å²) in [5.41, 5.74) is 1.32. The number of carboxylic acids is 1. The predicted molar refractivity (Wildman–Crippen MR) is 97.4 cm³/mol. The minimum Gasteiger partial charge on any atom is -0.475 e. The predicted octanol–water partition coefficient (Wildman–Crippen LogP) is 2.25. The van der Waals surface area contributed by atoms with Gasteiger partial charge in [-0.25, -0.2) is 4.79 Å². The summed E-state index contributed by atoms with van der Waals surface area (Å²) in [6.07, 6.45) is 5.52. The van der Waals surface area contributed by atoms with Gasteiger partial charge in [0.25, 0.3) is 0 Å². The van der Waals surface area contributed by atoms with E-state index in [1.807, 2.05) is 17.9 Å². The molecule has 4 rings (SSSR count). The lowest BCUT2D eigenvalue weighted by Crippen LogP contribution is -2.44. The van der Waals surface area contributed by atoms with Crippen molar-refractivity contribution in [1.82, 2.24) is 14.7 Å². The summed E-state index contributed by atoms with van der Waals surface area (Å²) in [6.45, 7) is 3.91. The molecule has 1 aromatic rings. The van der Waals surface area contributed by atoms with Gasteiger partial charge in [0.05, 0.1) is 18.9 Å². The normalized spacial score (nSPS) is 27.7. The van der Waals surface area contributed by atoms with E-state index < -0.39 is 12.1 Å². The molecule has 29 heavy (non-hydrogen) atoms. The summed E-state index contributed by atoms with van der Waals surface area (Å²) in [7, 11) is 1.99. The minimum atomic E-state index is -5.08. The van der Waals surface area contributed by atoms with Crippen molar-refractivity contribution in [1.29, 1.82) is 0 Å². The molecule has 1 N–H and O–H groups in total. The van der Waals surface area contributed by atoms with Crippen LogP contribution < -0.4 is 0 Å². The minimum absolute atomic E-state index is 0.376. The summed E-state index contributed by atoms with van der Waals surface area (Å²) in [6, 6.07) is 1.06. The third-order valence-electron chi connectivity index (χ3n) is 5.59. The molecule has 1 saturated carbocycles. The molecule has 2 saturated heterocycles. The third-order valence-corrected chi connectivity index (χ3v) is 5.59. The monoisotopic (exact) mass is 419 g/mol. The van der Waals surface area contributed by atoms with Crippen LogP contribution in [0.1, 0.15) is 31.2 Å². The van der Waals surface area contributed by atoms with Crippen LogP contribution in [0.4, 0.5) is 13.2 Å². The van der Waals surface area contributed by atoms with Gasteiger partial charge < -0.3 is 14.6 Å². The van der Waals surface area contributed by atoms with Crippen LogP contribution in [0.3, 0.4) is 0 Å². The Labute approximate surface area is 167 Å². The molecule has 164 valence electrons. The Hall–Kier alpha value is -1.65. The zero-order valence-electron chi connectivity index (χ0n) is 16.5. The maximum Gasteiger partial charge on any atom is 0.490 e. The molecular formula is C19H28F3N3O4. The molecule has 3 fully saturated rings. The first-order valence-electron chi connectivity index (χ1n) is 9.96. The summed E-state index contributed by atoms with van der Waals surface area (Å²) < 4.78 is 45.5. The number of ether oxygens (including phenoxy) is 2. The van der Waals surface area contributed by atoms with E-state index in [4.69, 9.17) is 19.4 Å². The Bertz CT molecular complexity index is 672. The number of carbonyl (C=O) groups is 1. The summed E-state index contributed by atoms with van der Waals surface area (Å²) in [4.78, 5) is 11.5. The Kier molecular flexibility index (Phi) is 7.18. The average Bonchev–Trinajstić information content (AvgIpc) is 3.02. The summed E-state index contributed by atoms with van der Waals surface area (Å²) in [5, 5.41) is 11.4. The maximum atomic E-state index is 10.6. The van der Waals surface area contributed by atoms with Crippen molar-refractivity contribution in [3.8, 4) is 0 Å². The van der Waals surface area contributed by atoms with Crippen LogP contribution in [-0.2, 0) is 27.7 Å². The van der Waals surface area contributed by atoms with Gasteiger partial charge in [-0.15, -0.1) is 0 Å². The number of nitrogens with zero attached hydrogens (tertiary/aromatic N) is 3. The number of aliphatic carboxylic acids is 1. The fourth-order valence-corrected chi connectivity index (χ4v) is 3.89. The van der Waals surface area contributed by atoms with Gasteiger partial charge in [0, 0.05) is 45.1 Å². The Morgan fingerprint density at radius 3 is 2.59 bits per heavy atom. The zero-order valence-corrected chi connectivity index (χ0v) is 16.5. The number of hydrogen-bond donors (Lipinski definition) is 1. The van der Waals surface area contributed by atoms with Crippen molar-refractivity contribution >= 4 is 5.97 Å². The topological polar surface area (TPSA) is 76.8 Å². The molecule has 2 aliphatic heterocycles. The molecule has 7 nitrogen and oxygen atoms in total. The van der Waals surface area contributed by atoms with Crippen molar-refractivity contribution in [2.45, 2.75) is 56.5 Å². The number of hydrogen-bond acceptors (Lipinski definition) is 5. The highest BCUT2D eigenvalue weighted by Gasteiger charge is 2.40. The first kappa shape index (κ1) is 22.0. The van der Waals surface area contributed by atoms with Gasteiger partial charge in [-0.3, -0.25) is 9.58 Å². The van der Waals surface area contributed by atoms with Gasteiger partial charge in [-0.2, -0.15) is 18.3 Å².